The van der Waals surface area contributed by atoms with Crippen molar-refractivity contribution in [1.29, 1.82) is 0 Å². The van der Waals surface area contributed by atoms with E-state index in [-0.39, 0.29) is 16.7 Å². The molecule has 0 aromatic carbocycles. The number of rotatable bonds is 2. The summed E-state index contributed by atoms with van der Waals surface area (Å²) in [5.74, 6) is 0.467. The molecular weight excluding hydrogens is 161 g/mol. The van der Waals surface area contributed by atoms with E-state index >= 15 is 0 Å². The maximum atomic E-state index is 11.6. The molecule has 1 atom stereocenters. The highest BCUT2D eigenvalue weighted by Crippen LogP contribution is 2.39. The molecule has 0 aromatic rings. The van der Waals surface area contributed by atoms with E-state index in [0.29, 0.717) is 5.92 Å². The van der Waals surface area contributed by atoms with Crippen molar-refractivity contribution in [2.75, 3.05) is 0 Å². The quantitative estimate of drug-likeness (QED) is 0.643. The van der Waals surface area contributed by atoms with E-state index in [9.17, 15) is 4.79 Å². The Morgan fingerprint density at radius 2 is 1.62 bits per heavy atom. The van der Waals surface area contributed by atoms with Crippen LogP contribution in [0.1, 0.15) is 41.5 Å². The zero-order valence-electron chi connectivity index (χ0n) is 9.99. The van der Waals surface area contributed by atoms with E-state index in [1.807, 2.05) is 13.8 Å². The van der Waals surface area contributed by atoms with Crippen molar-refractivity contribution < 1.29 is 4.79 Å². The molecule has 1 amide bonds. The predicted molar refractivity (Wildman–Crippen MR) is 59.1 cm³/mol. The molecule has 0 aliphatic carbocycles. The van der Waals surface area contributed by atoms with E-state index in [4.69, 9.17) is 0 Å². The maximum absolute atomic E-state index is 11.6. The van der Waals surface area contributed by atoms with Crippen molar-refractivity contribution in [1.82, 2.24) is 5.23 Å². The van der Waals surface area contributed by atoms with Crippen LogP contribution in [-0.2, 0) is 4.79 Å². The average Bonchev–Trinajstić information content (AvgIpc) is 1.99. The molecule has 2 nitrogen and oxygen atoms in total. The van der Waals surface area contributed by atoms with Crippen LogP contribution in [0.15, 0.2) is 0 Å². The predicted octanol–water partition coefficient (Wildman–Crippen LogP) is 1.36. The van der Waals surface area contributed by atoms with Gasteiger partial charge in [0.15, 0.2) is 0 Å². The molecule has 76 valence electrons. The van der Waals surface area contributed by atoms with Crippen molar-refractivity contribution in [2.45, 2.75) is 41.5 Å². The Labute approximate surface area is 82.9 Å². The summed E-state index contributed by atoms with van der Waals surface area (Å²) < 4.78 is 0. The van der Waals surface area contributed by atoms with Gasteiger partial charge >= 0.3 is 0 Å². The number of hydrogen-bond acceptors (Lipinski definition) is 1. The normalized spacial score (nSPS) is 15.2. The number of amides is 1. The van der Waals surface area contributed by atoms with Gasteiger partial charge in [0.05, 0.1) is 0 Å². The van der Waals surface area contributed by atoms with E-state index < -0.39 is 0 Å². The van der Waals surface area contributed by atoms with Crippen molar-refractivity contribution in [3.63, 3.8) is 0 Å². The van der Waals surface area contributed by atoms with Gasteiger partial charge in [-0.15, -0.1) is 0 Å². The van der Waals surface area contributed by atoms with Gasteiger partial charge in [-0.05, 0) is 11.3 Å². The summed E-state index contributed by atoms with van der Waals surface area (Å²) in [5.41, 5.74) is -0.136. The number of nitrogens with one attached hydrogen (secondary N) is 1. The lowest BCUT2D eigenvalue weighted by molar-refractivity contribution is -0.132. The van der Waals surface area contributed by atoms with E-state index in [2.05, 4.69) is 32.9 Å². The lowest BCUT2D eigenvalue weighted by atomic mass is 9.66. The summed E-state index contributed by atoms with van der Waals surface area (Å²) in [7, 11) is 1.69. The van der Waals surface area contributed by atoms with Gasteiger partial charge in [-0.3, -0.25) is 4.79 Å². The Morgan fingerprint density at radius 1 is 1.23 bits per heavy atom. The van der Waals surface area contributed by atoms with Crippen LogP contribution in [-0.4, -0.2) is 13.9 Å². The van der Waals surface area contributed by atoms with Crippen LogP contribution in [0, 0.1) is 16.7 Å². The monoisotopic (exact) mass is 183 g/mol. The van der Waals surface area contributed by atoms with Gasteiger partial charge in [0.25, 0.3) is 0 Å². The largest absolute Gasteiger partial charge is 0.406 e. The Morgan fingerprint density at radius 3 is 1.85 bits per heavy atom. The van der Waals surface area contributed by atoms with Crippen molar-refractivity contribution in [3.8, 4) is 0 Å². The number of carbonyl (C=O) groups excluding carboxylic acids is 1. The van der Waals surface area contributed by atoms with Crippen LogP contribution < -0.4 is 5.23 Å². The Kier molecular flexibility index (Phi) is 3.59. The van der Waals surface area contributed by atoms with Gasteiger partial charge < -0.3 is 5.23 Å². The van der Waals surface area contributed by atoms with Gasteiger partial charge in [0, 0.05) is 5.41 Å². The SMILES string of the molecule is BNC(=O)C(C)(C)C(C)C(C)(C)C. The van der Waals surface area contributed by atoms with E-state index in [0.717, 1.165) is 0 Å². The van der Waals surface area contributed by atoms with E-state index in [1.54, 1.807) is 7.98 Å². The molecule has 1 unspecified atom stereocenters. The third-order valence-electron chi connectivity index (χ3n) is 3.19. The third kappa shape index (κ3) is 2.75. The zero-order valence-corrected chi connectivity index (χ0v) is 9.99. The van der Waals surface area contributed by atoms with Gasteiger partial charge in [-0.1, -0.05) is 41.5 Å². The second-order valence-electron chi connectivity index (χ2n) is 5.39. The average molecular weight is 183 g/mol. The zero-order chi connectivity index (χ0) is 10.9. The third-order valence-corrected chi connectivity index (χ3v) is 3.19. The summed E-state index contributed by atoms with van der Waals surface area (Å²) in [4.78, 5) is 11.6. The van der Waals surface area contributed by atoms with Gasteiger partial charge in [0.2, 0.25) is 13.9 Å². The molecule has 0 saturated heterocycles. The first-order valence-corrected chi connectivity index (χ1v) is 4.86. The molecular formula is C10H22BNO. The molecule has 1 N–H and O–H groups in total. The molecule has 0 saturated carbocycles. The fourth-order valence-electron chi connectivity index (χ4n) is 1.60. The van der Waals surface area contributed by atoms with Gasteiger partial charge in [0.1, 0.15) is 0 Å². The molecule has 0 fully saturated rings. The fourth-order valence-corrected chi connectivity index (χ4v) is 1.60. The standard InChI is InChI=1S/C10H22BNO/c1-7(9(2,3)4)10(5,6)8(13)12-11/h7H,11H2,1-6H3,(H,12,13). The van der Waals surface area contributed by atoms with Crippen LogP contribution in [0.5, 0.6) is 0 Å². The minimum Gasteiger partial charge on any atom is -0.406 e. The maximum Gasteiger partial charge on any atom is 0.217 e. The van der Waals surface area contributed by atoms with Crippen molar-refractivity contribution in [2.24, 2.45) is 16.7 Å². The first-order valence-electron chi connectivity index (χ1n) is 4.86. The molecule has 0 aliphatic rings. The summed E-state index contributed by atoms with van der Waals surface area (Å²) in [6.07, 6.45) is 0. The lowest BCUT2D eigenvalue weighted by Gasteiger charge is -2.39. The highest BCUT2D eigenvalue weighted by molar-refractivity contribution is 6.15. The van der Waals surface area contributed by atoms with Gasteiger partial charge in [-0.2, -0.15) is 0 Å². The molecule has 0 heterocycles. The first kappa shape index (κ1) is 12.5. The Balaban J connectivity index is 4.74. The topological polar surface area (TPSA) is 29.1 Å². The van der Waals surface area contributed by atoms with Crippen LogP contribution in [0.2, 0.25) is 0 Å². The molecule has 0 radical (unpaired) electrons. The Hall–Kier alpha value is -0.465. The lowest BCUT2D eigenvalue weighted by Crippen LogP contribution is -2.44. The van der Waals surface area contributed by atoms with Crippen LogP contribution in [0.3, 0.4) is 0 Å². The molecule has 0 rings (SSSR count). The highest BCUT2D eigenvalue weighted by Gasteiger charge is 2.39. The van der Waals surface area contributed by atoms with Crippen LogP contribution in [0.25, 0.3) is 0 Å². The van der Waals surface area contributed by atoms with Crippen LogP contribution in [0.4, 0.5) is 0 Å². The minimum atomic E-state index is -0.299. The van der Waals surface area contributed by atoms with E-state index in [1.165, 1.54) is 0 Å². The number of hydrogen-bond donors (Lipinski definition) is 1. The van der Waals surface area contributed by atoms with Crippen molar-refractivity contribution in [3.05, 3.63) is 0 Å². The first-order chi connectivity index (χ1) is 5.64. The summed E-state index contributed by atoms with van der Waals surface area (Å²) in [5, 5.41) is 2.72. The molecule has 13 heavy (non-hydrogen) atoms. The summed E-state index contributed by atoms with van der Waals surface area (Å²) >= 11 is 0. The molecule has 0 aromatic heterocycles. The molecule has 3 heteroatoms. The highest BCUT2D eigenvalue weighted by atomic mass is 16.1. The minimum absolute atomic E-state index is 0.120. The number of carbonyl (C=O) groups is 1. The summed E-state index contributed by atoms with van der Waals surface area (Å²) in [6, 6.07) is 0. The Bertz CT molecular complexity index is 194. The molecule has 0 aliphatic heterocycles. The molecule has 0 spiro atoms. The van der Waals surface area contributed by atoms with Gasteiger partial charge in [-0.25, -0.2) is 0 Å². The van der Waals surface area contributed by atoms with Crippen molar-refractivity contribution >= 4 is 13.9 Å². The summed E-state index contributed by atoms with van der Waals surface area (Å²) in [6.45, 7) is 12.6. The second kappa shape index (κ2) is 3.73. The fraction of sp³-hybridized carbons (Fsp3) is 0.900. The second-order valence-corrected chi connectivity index (χ2v) is 5.39. The smallest absolute Gasteiger partial charge is 0.217 e. The molecule has 0 bridgehead atoms. The van der Waals surface area contributed by atoms with Crippen LogP contribution >= 0.6 is 0 Å².